The molecule has 0 spiro atoms. The maximum Gasteiger partial charge on any atom is 0.261 e. The topological polar surface area (TPSA) is 89.2 Å². The minimum Gasteiger partial charge on any atom is -0.280 e. The van der Waals surface area contributed by atoms with Gasteiger partial charge >= 0.3 is 0 Å². The Balaban J connectivity index is 1.56. The average Bonchev–Trinajstić information content (AvgIpc) is 3.25. The molecule has 0 saturated heterocycles. The van der Waals surface area contributed by atoms with E-state index in [1.165, 1.54) is 6.33 Å². The largest absolute Gasteiger partial charge is 0.280 e. The van der Waals surface area contributed by atoms with Gasteiger partial charge in [-0.1, -0.05) is 51.1 Å². The summed E-state index contributed by atoms with van der Waals surface area (Å²) < 4.78 is 30.0. The first kappa shape index (κ1) is 23.3. The summed E-state index contributed by atoms with van der Waals surface area (Å²) in [7, 11) is -3.66. The molecular weight excluding hydrogens is 454 g/mol. The molecule has 2 aromatic heterocycles. The number of sulfonamides is 1. The lowest BCUT2D eigenvalue weighted by Gasteiger charge is -2.13. The molecule has 0 unspecified atom stereocenters. The van der Waals surface area contributed by atoms with Gasteiger partial charge in [0, 0.05) is 21.8 Å². The van der Waals surface area contributed by atoms with E-state index in [1.54, 1.807) is 40.5 Å². The van der Waals surface area contributed by atoms with Gasteiger partial charge in [0.25, 0.3) is 15.8 Å². The van der Waals surface area contributed by atoms with Gasteiger partial charge in [-0.3, -0.25) is 4.72 Å². The molecular formula is C24H27N5O2S2. The van der Waals surface area contributed by atoms with E-state index in [2.05, 4.69) is 40.6 Å². The van der Waals surface area contributed by atoms with Gasteiger partial charge in [0.1, 0.15) is 11.4 Å². The van der Waals surface area contributed by atoms with Crippen LogP contribution in [0, 0.1) is 6.92 Å². The molecule has 0 fully saturated rings. The van der Waals surface area contributed by atoms with Gasteiger partial charge in [-0.05, 0) is 61.2 Å². The third-order valence-electron chi connectivity index (χ3n) is 5.36. The Morgan fingerprint density at radius 1 is 1.06 bits per heavy atom. The highest BCUT2D eigenvalue weighted by atomic mass is 32.2. The molecule has 4 aromatic rings. The van der Waals surface area contributed by atoms with Gasteiger partial charge in [0.2, 0.25) is 0 Å². The Morgan fingerprint density at radius 2 is 1.76 bits per heavy atom. The predicted octanol–water partition coefficient (Wildman–Crippen LogP) is 5.46. The van der Waals surface area contributed by atoms with Crippen molar-refractivity contribution in [2.45, 2.75) is 61.3 Å². The van der Waals surface area contributed by atoms with Crippen LogP contribution in [0.3, 0.4) is 0 Å². The Hall–Kier alpha value is -2.91. The fourth-order valence-corrected chi connectivity index (χ4v) is 5.69. The van der Waals surface area contributed by atoms with E-state index < -0.39 is 10.0 Å². The fraction of sp³-hybridized carbons (Fsp3) is 0.292. The van der Waals surface area contributed by atoms with Crippen LogP contribution < -0.4 is 4.72 Å². The summed E-state index contributed by atoms with van der Waals surface area (Å²) >= 11 is 1.57. The summed E-state index contributed by atoms with van der Waals surface area (Å²) in [6.07, 6.45) is 3.40. The smallest absolute Gasteiger partial charge is 0.261 e. The Labute approximate surface area is 198 Å². The van der Waals surface area contributed by atoms with Crippen LogP contribution in [0.1, 0.15) is 49.9 Å². The predicted molar refractivity (Wildman–Crippen MR) is 131 cm³/mol. The zero-order chi connectivity index (χ0) is 23.6. The molecule has 0 radical (unpaired) electrons. The van der Waals surface area contributed by atoms with E-state index >= 15 is 0 Å². The van der Waals surface area contributed by atoms with Gasteiger partial charge in [0.05, 0.1) is 4.90 Å². The second-order valence-electron chi connectivity index (χ2n) is 8.16. The number of nitrogens with zero attached hydrogens (tertiary/aromatic N) is 4. The Bertz CT molecular complexity index is 1360. The first-order chi connectivity index (χ1) is 15.8. The van der Waals surface area contributed by atoms with Gasteiger partial charge in [0.15, 0.2) is 0 Å². The number of anilines is 1. The van der Waals surface area contributed by atoms with Gasteiger partial charge in [-0.2, -0.15) is 14.6 Å². The second kappa shape index (κ2) is 9.52. The molecule has 2 aromatic carbocycles. The highest BCUT2D eigenvalue weighted by molar-refractivity contribution is 7.99. The maximum absolute atomic E-state index is 12.8. The van der Waals surface area contributed by atoms with E-state index in [1.807, 2.05) is 31.2 Å². The highest BCUT2D eigenvalue weighted by Crippen LogP contribution is 2.33. The standard InChI is InChI=1S/C24H27N5O2S2/c1-5-6-22-17(4)27-24-25-15-26-29(24)23(22)32-20-11-9-19(10-12-20)28-33(30,31)21-13-7-18(8-14-21)16(2)3/h7-16,28H,5-6H2,1-4H3. The maximum atomic E-state index is 12.8. The molecule has 4 rings (SSSR count). The summed E-state index contributed by atoms with van der Waals surface area (Å²) in [6.45, 7) is 8.29. The molecule has 1 N–H and O–H groups in total. The third kappa shape index (κ3) is 5.04. The lowest BCUT2D eigenvalue weighted by atomic mass is 10.0. The number of benzene rings is 2. The average molecular weight is 482 g/mol. The first-order valence-corrected chi connectivity index (χ1v) is 13.2. The zero-order valence-electron chi connectivity index (χ0n) is 19.1. The molecule has 0 amide bonds. The Kier molecular flexibility index (Phi) is 6.71. The van der Waals surface area contributed by atoms with E-state index in [-0.39, 0.29) is 4.90 Å². The number of nitrogens with one attached hydrogen (secondary N) is 1. The number of fused-ring (bicyclic) bond motifs is 1. The molecule has 0 saturated carbocycles. The van der Waals surface area contributed by atoms with Gasteiger partial charge in [-0.15, -0.1) is 0 Å². The normalized spacial score (nSPS) is 11.9. The van der Waals surface area contributed by atoms with Crippen molar-refractivity contribution >= 4 is 33.3 Å². The molecule has 9 heteroatoms. The summed E-state index contributed by atoms with van der Waals surface area (Å²) in [6, 6.07) is 14.3. The summed E-state index contributed by atoms with van der Waals surface area (Å²) in [5, 5.41) is 5.33. The number of aryl methyl sites for hydroxylation is 1. The molecule has 172 valence electrons. The van der Waals surface area contributed by atoms with Gasteiger partial charge in [-0.25, -0.2) is 13.4 Å². The first-order valence-electron chi connectivity index (χ1n) is 10.9. The minimum absolute atomic E-state index is 0.246. The summed E-state index contributed by atoms with van der Waals surface area (Å²) in [5.41, 5.74) is 3.71. The molecule has 0 aliphatic carbocycles. The lowest BCUT2D eigenvalue weighted by molar-refractivity contribution is 0.601. The van der Waals surface area contributed by atoms with Crippen molar-refractivity contribution in [2.24, 2.45) is 0 Å². The fourth-order valence-electron chi connectivity index (χ4n) is 3.55. The van der Waals surface area contributed by atoms with Crippen molar-refractivity contribution in [1.29, 1.82) is 0 Å². The van der Waals surface area contributed by atoms with Crippen molar-refractivity contribution in [2.75, 3.05) is 4.72 Å². The van der Waals surface area contributed by atoms with Crippen molar-refractivity contribution < 1.29 is 8.42 Å². The van der Waals surface area contributed by atoms with Crippen LogP contribution in [0.15, 0.2) is 69.7 Å². The monoisotopic (exact) mass is 481 g/mol. The van der Waals surface area contributed by atoms with Crippen molar-refractivity contribution in [3.8, 4) is 0 Å². The quantitative estimate of drug-likeness (QED) is 0.336. The van der Waals surface area contributed by atoms with E-state index in [9.17, 15) is 8.42 Å². The molecule has 0 aliphatic rings. The molecule has 0 aliphatic heterocycles. The molecule has 33 heavy (non-hydrogen) atoms. The molecule has 7 nitrogen and oxygen atoms in total. The van der Waals surface area contributed by atoms with Crippen LogP contribution >= 0.6 is 11.8 Å². The molecule has 0 bridgehead atoms. The lowest BCUT2D eigenvalue weighted by Crippen LogP contribution is -2.13. The summed E-state index contributed by atoms with van der Waals surface area (Å²) in [4.78, 5) is 10.0. The van der Waals surface area contributed by atoms with E-state index in [4.69, 9.17) is 0 Å². The number of rotatable bonds is 8. The highest BCUT2D eigenvalue weighted by Gasteiger charge is 2.17. The van der Waals surface area contributed by atoms with Crippen molar-refractivity contribution in [3.05, 3.63) is 71.7 Å². The summed E-state index contributed by atoms with van der Waals surface area (Å²) in [5.74, 6) is 0.920. The van der Waals surface area contributed by atoms with Crippen LogP contribution in [-0.4, -0.2) is 28.0 Å². The van der Waals surface area contributed by atoms with Crippen molar-refractivity contribution in [1.82, 2.24) is 19.6 Å². The van der Waals surface area contributed by atoms with Crippen LogP contribution in [0.25, 0.3) is 5.78 Å². The SMILES string of the molecule is CCCc1c(C)nc2ncnn2c1Sc1ccc(NS(=O)(=O)c2ccc(C(C)C)cc2)cc1. The van der Waals surface area contributed by atoms with Crippen molar-refractivity contribution in [3.63, 3.8) is 0 Å². The molecule has 0 atom stereocenters. The van der Waals surface area contributed by atoms with Gasteiger partial charge < -0.3 is 0 Å². The van der Waals surface area contributed by atoms with Crippen LogP contribution in [0.2, 0.25) is 0 Å². The number of hydrogen-bond donors (Lipinski definition) is 1. The van der Waals surface area contributed by atoms with E-state index in [0.717, 1.165) is 39.6 Å². The van der Waals surface area contributed by atoms with E-state index in [0.29, 0.717) is 17.4 Å². The van der Waals surface area contributed by atoms with Crippen LogP contribution in [0.4, 0.5) is 5.69 Å². The Morgan fingerprint density at radius 3 is 2.39 bits per heavy atom. The number of hydrogen-bond acceptors (Lipinski definition) is 6. The van der Waals surface area contributed by atoms with Crippen LogP contribution in [-0.2, 0) is 16.4 Å². The molecule has 2 heterocycles. The number of aromatic nitrogens is 4. The zero-order valence-corrected chi connectivity index (χ0v) is 20.7. The second-order valence-corrected chi connectivity index (χ2v) is 10.9. The van der Waals surface area contributed by atoms with Crippen LogP contribution in [0.5, 0.6) is 0 Å². The third-order valence-corrected chi connectivity index (χ3v) is 7.88. The minimum atomic E-state index is -3.66.